The highest BCUT2D eigenvalue weighted by molar-refractivity contribution is 9.10. The molecule has 1 aromatic rings. The first kappa shape index (κ1) is 9.71. The minimum absolute atomic E-state index is 0.0681. The van der Waals surface area contributed by atoms with Gasteiger partial charge in [0.2, 0.25) is 5.88 Å². The summed E-state index contributed by atoms with van der Waals surface area (Å²) in [5, 5.41) is 4.19. The lowest BCUT2D eigenvalue weighted by atomic mass is 9.94. The number of aldehydes is 1. The second-order valence-corrected chi connectivity index (χ2v) is 4.99. The van der Waals surface area contributed by atoms with Gasteiger partial charge >= 0.3 is 0 Å². The number of rotatable bonds is 1. The maximum Gasteiger partial charge on any atom is 0.223 e. The Bertz CT molecular complexity index is 384. The third-order valence-corrected chi connectivity index (χ3v) is 2.78. The van der Waals surface area contributed by atoms with Gasteiger partial charge < -0.3 is 4.74 Å². The van der Waals surface area contributed by atoms with Crippen molar-refractivity contribution in [2.75, 3.05) is 6.61 Å². The fraction of sp³-hybridized carbons (Fsp3) is 0.556. The molecule has 0 amide bonds. The summed E-state index contributed by atoms with van der Waals surface area (Å²) in [5.41, 5.74) is 0.569. The lowest BCUT2D eigenvalue weighted by Gasteiger charge is -2.30. The predicted molar refractivity (Wildman–Crippen MR) is 54.6 cm³/mol. The van der Waals surface area contributed by atoms with Crippen LogP contribution in [0.5, 0.6) is 5.88 Å². The molecule has 0 unspecified atom stereocenters. The van der Waals surface area contributed by atoms with E-state index < -0.39 is 0 Å². The van der Waals surface area contributed by atoms with Gasteiger partial charge in [0, 0.05) is 5.41 Å². The van der Waals surface area contributed by atoms with Crippen molar-refractivity contribution in [2.24, 2.45) is 5.41 Å². The maximum atomic E-state index is 10.8. The van der Waals surface area contributed by atoms with Gasteiger partial charge in [0.1, 0.15) is 10.2 Å². The minimum atomic E-state index is 0.0681. The number of fused-ring (bicyclic) bond motifs is 1. The normalized spacial score (nSPS) is 18.5. The van der Waals surface area contributed by atoms with Crippen molar-refractivity contribution in [1.82, 2.24) is 9.78 Å². The van der Waals surface area contributed by atoms with E-state index in [1.165, 1.54) is 0 Å². The second-order valence-electron chi connectivity index (χ2n) is 4.24. The maximum absolute atomic E-state index is 10.8. The zero-order chi connectivity index (χ0) is 10.3. The number of nitrogens with zero attached hydrogens (tertiary/aromatic N) is 2. The molecule has 0 fully saturated rings. The highest BCUT2D eigenvalue weighted by Gasteiger charge is 2.30. The molecule has 0 spiro atoms. The predicted octanol–water partition coefficient (Wildman–Crippen LogP) is 1.88. The molecule has 4 nitrogen and oxygen atoms in total. The van der Waals surface area contributed by atoms with Crippen LogP contribution >= 0.6 is 15.9 Å². The number of halogens is 1. The number of ether oxygens (including phenoxy) is 1. The number of hydrogen-bond acceptors (Lipinski definition) is 3. The number of carbonyl (C=O) groups excluding carboxylic acids is 1. The van der Waals surface area contributed by atoms with Gasteiger partial charge in [-0.3, -0.25) is 4.79 Å². The summed E-state index contributed by atoms with van der Waals surface area (Å²) in [5.74, 6) is 0.575. The standard InChI is InChI=1S/C9H11BrN2O2/c1-9(2)4-12-8(14-5-9)6(3-13)7(10)11-12/h3H,4-5H2,1-2H3. The molecule has 5 heteroatoms. The van der Waals surface area contributed by atoms with E-state index in [-0.39, 0.29) is 5.41 Å². The molecule has 1 aromatic heterocycles. The fourth-order valence-corrected chi connectivity index (χ4v) is 1.96. The molecule has 1 aliphatic rings. The Morgan fingerprint density at radius 2 is 2.36 bits per heavy atom. The van der Waals surface area contributed by atoms with Crippen LogP contribution in [0.3, 0.4) is 0 Å². The molecule has 14 heavy (non-hydrogen) atoms. The van der Waals surface area contributed by atoms with Gasteiger partial charge in [-0.15, -0.1) is 0 Å². The summed E-state index contributed by atoms with van der Waals surface area (Å²) >= 11 is 3.23. The third kappa shape index (κ3) is 1.45. The highest BCUT2D eigenvalue weighted by Crippen LogP contribution is 2.33. The van der Waals surface area contributed by atoms with E-state index >= 15 is 0 Å². The monoisotopic (exact) mass is 258 g/mol. The van der Waals surface area contributed by atoms with E-state index in [9.17, 15) is 4.79 Å². The van der Waals surface area contributed by atoms with Crippen LogP contribution in [0.15, 0.2) is 4.60 Å². The molecule has 0 atom stereocenters. The lowest BCUT2D eigenvalue weighted by molar-refractivity contribution is 0.0966. The first-order valence-corrected chi connectivity index (χ1v) is 5.17. The minimum Gasteiger partial charge on any atom is -0.477 e. The molecule has 76 valence electrons. The van der Waals surface area contributed by atoms with Crippen LogP contribution in [0.4, 0.5) is 0 Å². The quantitative estimate of drug-likeness (QED) is 0.723. The average molecular weight is 259 g/mol. The van der Waals surface area contributed by atoms with Crippen molar-refractivity contribution in [3.05, 3.63) is 10.2 Å². The molecule has 0 radical (unpaired) electrons. The molecule has 0 N–H and O–H groups in total. The van der Waals surface area contributed by atoms with Crippen LogP contribution in [-0.4, -0.2) is 22.7 Å². The Labute approximate surface area is 90.4 Å². The van der Waals surface area contributed by atoms with E-state index in [1.807, 2.05) is 0 Å². The van der Waals surface area contributed by atoms with Crippen LogP contribution in [0, 0.1) is 5.41 Å². The molecule has 1 aliphatic heterocycles. The van der Waals surface area contributed by atoms with E-state index in [1.54, 1.807) is 4.68 Å². The van der Waals surface area contributed by atoms with Crippen molar-refractivity contribution in [3.63, 3.8) is 0 Å². The smallest absolute Gasteiger partial charge is 0.223 e. The summed E-state index contributed by atoms with van der Waals surface area (Å²) in [6.45, 7) is 5.60. The number of aromatic nitrogens is 2. The molecule has 0 saturated heterocycles. The van der Waals surface area contributed by atoms with Crippen molar-refractivity contribution < 1.29 is 9.53 Å². The van der Waals surface area contributed by atoms with Crippen LogP contribution in [0.25, 0.3) is 0 Å². The zero-order valence-electron chi connectivity index (χ0n) is 8.08. The zero-order valence-corrected chi connectivity index (χ0v) is 9.67. The summed E-state index contributed by atoms with van der Waals surface area (Å²) in [6.07, 6.45) is 0.765. The summed E-state index contributed by atoms with van der Waals surface area (Å²) in [7, 11) is 0. The van der Waals surface area contributed by atoms with Gasteiger partial charge in [0.25, 0.3) is 0 Å². The van der Waals surface area contributed by atoms with E-state index in [4.69, 9.17) is 4.74 Å². The van der Waals surface area contributed by atoms with Gasteiger partial charge in [-0.2, -0.15) is 5.10 Å². The Balaban J connectivity index is 2.46. The van der Waals surface area contributed by atoms with Crippen LogP contribution in [0.1, 0.15) is 24.2 Å². The van der Waals surface area contributed by atoms with Gasteiger partial charge in [-0.05, 0) is 15.9 Å². The molecule has 2 heterocycles. The van der Waals surface area contributed by atoms with Crippen molar-refractivity contribution in [2.45, 2.75) is 20.4 Å². The van der Waals surface area contributed by atoms with Gasteiger partial charge in [-0.25, -0.2) is 4.68 Å². The van der Waals surface area contributed by atoms with Crippen LogP contribution in [-0.2, 0) is 6.54 Å². The topological polar surface area (TPSA) is 44.1 Å². The van der Waals surface area contributed by atoms with Gasteiger partial charge in [-0.1, -0.05) is 13.8 Å². The van der Waals surface area contributed by atoms with Crippen LogP contribution < -0.4 is 4.74 Å². The average Bonchev–Trinajstić information content (AvgIpc) is 2.37. The molecule has 2 rings (SSSR count). The molecular formula is C9H11BrN2O2. The number of carbonyl (C=O) groups is 1. The first-order chi connectivity index (χ1) is 6.53. The molecular weight excluding hydrogens is 248 g/mol. The first-order valence-electron chi connectivity index (χ1n) is 4.38. The molecule has 0 aromatic carbocycles. The van der Waals surface area contributed by atoms with E-state index in [2.05, 4.69) is 34.9 Å². The van der Waals surface area contributed by atoms with E-state index in [0.29, 0.717) is 22.7 Å². The molecule has 0 saturated carbocycles. The second kappa shape index (κ2) is 3.08. The van der Waals surface area contributed by atoms with Gasteiger partial charge in [0.05, 0.1) is 13.2 Å². The van der Waals surface area contributed by atoms with Crippen molar-refractivity contribution in [3.8, 4) is 5.88 Å². The van der Waals surface area contributed by atoms with Crippen molar-refractivity contribution in [1.29, 1.82) is 0 Å². The van der Waals surface area contributed by atoms with Crippen molar-refractivity contribution >= 4 is 22.2 Å². The highest BCUT2D eigenvalue weighted by atomic mass is 79.9. The number of hydrogen-bond donors (Lipinski definition) is 0. The molecule has 0 aliphatic carbocycles. The Kier molecular flexibility index (Phi) is 2.14. The largest absolute Gasteiger partial charge is 0.477 e. The summed E-state index contributed by atoms with van der Waals surface area (Å²) in [6, 6.07) is 0. The fourth-order valence-electron chi connectivity index (χ4n) is 1.51. The lowest BCUT2D eigenvalue weighted by Crippen LogP contribution is -2.33. The Hall–Kier alpha value is -0.840. The Morgan fingerprint density at radius 3 is 3.00 bits per heavy atom. The SMILES string of the molecule is CC1(C)COc2c(C=O)c(Br)nn2C1. The summed E-state index contributed by atoms with van der Waals surface area (Å²) in [4.78, 5) is 10.8. The third-order valence-electron chi connectivity index (χ3n) is 2.19. The van der Waals surface area contributed by atoms with E-state index in [0.717, 1.165) is 12.8 Å². The molecule has 0 bridgehead atoms. The summed E-state index contributed by atoms with van der Waals surface area (Å²) < 4.78 is 7.81. The Morgan fingerprint density at radius 1 is 1.64 bits per heavy atom. The van der Waals surface area contributed by atoms with Gasteiger partial charge in [0.15, 0.2) is 6.29 Å². The van der Waals surface area contributed by atoms with Crippen LogP contribution in [0.2, 0.25) is 0 Å².